The molecule has 0 unspecified atom stereocenters. The number of ether oxygens (including phenoxy) is 1. The normalized spacial score (nSPS) is 11.0. The molecule has 116 valence electrons. The molecule has 0 spiro atoms. The lowest BCUT2D eigenvalue weighted by Crippen LogP contribution is -2.33. The fourth-order valence-electron chi connectivity index (χ4n) is 1.61. The monoisotopic (exact) mass is 295 g/mol. The first-order chi connectivity index (χ1) is 9.69. The highest BCUT2D eigenvalue weighted by molar-refractivity contribution is 5.93. The number of pyridine rings is 1. The van der Waals surface area contributed by atoms with E-state index in [4.69, 9.17) is 15.6 Å². The maximum atomic E-state index is 11.4. The maximum Gasteiger partial charge on any atom is 0.407 e. The van der Waals surface area contributed by atoms with Crippen LogP contribution in [0.3, 0.4) is 0 Å². The minimum absolute atomic E-state index is 0.00868. The highest BCUT2D eigenvalue weighted by Crippen LogP contribution is 2.12. The molecule has 0 fully saturated rings. The quantitative estimate of drug-likeness (QED) is 0.714. The van der Waals surface area contributed by atoms with E-state index in [1.54, 1.807) is 20.8 Å². The van der Waals surface area contributed by atoms with E-state index in [2.05, 4.69) is 10.3 Å². The Balaban J connectivity index is 2.38. The molecule has 7 nitrogen and oxygen atoms in total. The number of nitrogens with one attached hydrogen (secondary N) is 1. The molecule has 4 N–H and O–H groups in total. The molecule has 0 atom stereocenters. The van der Waals surface area contributed by atoms with Crippen molar-refractivity contribution in [2.75, 3.05) is 12.3 Å². The van der Waals surface area contributed by atoms with E-state index in [0.717, 1.165) is 0 Å². The molecular formula is C14H21N3O4. The van der Waals surface area contributed by atoms with Gasteiger partial charge in [-0.25, -0.2) is 9.59 Å². The van der Waals surface area contributed by atoms with Gasteiger partial charge in [-0.05, 0) is 39.7 Å². The summed E-state index contributed by atoms with van der Waals surface area (Å²) in [6, 6.07) is 1.54. The molecule has 0 aromatic carbocycles. The number of carboxylic acid groups (broad SMARTS) is 1. The van der Waals surface area contributed by atoms with Gasteiger partial charge in [0.25, 0.3) is 0 Å². The fourth-order valence-corrected chi connectivity index (χ4v) is 1.61. The zero-order chi connectivity index (χ0) is 16.0. The van der Waals surface area contributed by atoms with E-state index in [9.17, 15) is 9.59 Å². The van der Waals surface area contributed by atoms with Gasteiger partial charge in [0.05, 0.1) is 0 Å². The molecule has 0 aliphatic rings. The Morgan fingerprint density at radius 2 is 2.10 bits per heavy atom. The number of alkyl carbamates (subject to hydrolysis) is 1. The van der Waals surface area contributed by atoms with E-state index in [0.29, 0.717) is 25.1 Å². The van der Waals surface area contributed by atoms with Crippen molar-refractivity contribution in [2.24, 2.45) is 0 Å². The van der Waals surface area contributed by atoms with E-state index in [1.165, 1.54) is 12.3 Å². The minimum atomic E-state index is -1.10. The zero-order valence-corrected chi connectivity index (χ0v) is 12.5. The Kier molecular flexibility index (Phi) is 5.52. The number of nitrogen functional groups attached to an aromatic ring is 1. The number of aryl methyl sites for hydroxylation is 1. The van der Waals surface area contributed by atoms with Crippen LogP contribution in [0.5, 0.6) is 0 Å². The van der Waals surface area contributed by atoms with Crippen LogP contribution in [0.4, 0.5) is 10.5 Å². The van der Waals surface area contributed by atoms with Gasteiger partial charge in [0.2, 0.25) is 0 Å². The summed E-state index contributed by atoms with van der Waals surface area (Å²) in [5.74, 6) is -1.10. The van der Waals surface area contributed by atoms with Gasteiger partial charge in [0, 0.05) is 24.1 Å². The molecule has 0 bridgehead atoms. The van der Waals surface area contributed by atoms with Crippen molar-refractivity contribution in [2.45, 2.75) is 39.2 Å². The van der Waals surface area contributed by atoms with Gasteiger partial charge in [-0.2, -0.15) is 0 Å². The van der Waals surface area contributed by atoms with Gasteiger partial charge < -0.3 is 20.9 Å². The van der Waals surface area contributed by atoms with Crippen molar-refractivity contribution >= 4 is 17.7 Å². The SMILES string of the molecule is CC(C)(C)OC(=O)NCCCc1cc(N)c(C(=O)O)cn1. The number of carbonyl (C=O) groups is 2. The summed E-state index contributed by atoms with van der Waals surface area (Å²) >= 11 is 0. The third-order valence-electron chi connectivity index (χ3n) is 2.50. The lowest BCUT2D eigenvalue weighted by atomic mass is 10.1. The van der Waals surface area contributed by atoms with Crippen molar-refractivity contribution in [3.8, 4) is 0 Å². The predicted octanol–water partition coefficient (Wildman–Crippen LogP) is 1.82. The molecule has 1 amide bonds. The van der Waals surface area contributed by atoms with Gasteiger partial charge in [-0.3, -0.25) is 4.98 Å². The summed E-state index contributed by atoms with van der Waals surface area (Å²) in [4.78, 5) is 26.2. The maximum absolute atomic E-state index is 11.4. The van der Waals surface area contributed by atoms with Crippen molar-refractivity contribution in [1.82, 2.24) is 10.3 Å². The number of anilines is 1. The molecule has 1 rings (SSSR count). The van der Waals surface area contributed by atoms with Crippen LogP contribution in [0.15, 0.2) is 12.3 Å². The standard InChI is InChI=1S/C14H21N3O4/c1-14(2,3)21-13(20)16-6-4-5-9-7-11(15)10(8-17-9)12(18)19/h7-8H,4-6H2,1-3H3,(H2,15,17)(H,16,20)(H,18,19). The Labute approximate surface area is 123 Å². The number of nitrogens with two attached hydrogens (primary N) is 1. The van der Waals surface area contributed by atoms with E-state index in [1.807, 2.05) is 0 Å². The molecule has 0 aliphatic heterocycles. The number of hydrogen-bond acceptors (Lipinski definition) is 5. The number of amides is 1. The highest BCUT2D eigenvalue weighted by Gasteiger charge is 2.15. The van der Waals surface area contributed by atoms with Crippen molar-refractivity contribution in [3.63, 3.8) is 0 Å². The van der Waals surface area contributed by atoms with Crippen LogP contribution >= 0.6 is 0 Å². The van der Waals surface area contributed by atoms with Crippen LogP contribution in [-0.4, -0.2) is 34.3 Å². The van der Waals surface area contributed by atoms with E-state index < -0.39 is 17.7 Å². The average Bonchev–Trinajstić information content (AvgIpc) is 2.32. The summed E-state index contributed by atoms with van der Waals surface area (Å²) in [6.45, 7) is 5.83. The second kappa shape index (κ2) is 6.92. The van der Waals surface area contributed by atoms with Crippen LogP contribution in [0, 0.1) is 0 Å². The zero-order valence-electron chi connectivity index (χ0n) is 12.5. The number of hydrogen-bond donors (Lipinski definition) is 3. The minimum Gasteiger partial charge on any atom is -0.478 e. The molecule has 1 aromatic rings. The number of carboxylic acids is 1. The van der Waals surface area contributed by atoms with Crippen molar-refractivity contribution in [1.29, 1.82) is 0 Å². The Morgan fingerprint density at radius 1 is 1.43 bits per heavy atom. The topological polar surface area (TPSA) is 115 Å². The molecule has 0 saturated carbocycles. The first-order valence-electron chi connectivity index (χ1n) is 6.63. The Hall–Kier alpha value is -2.31. The van der Waals surface area contributed by atoms with Crippen molar-refractivity contribution in [3.05, 3.63) is 23.5 Å². The molecule has 1 heterocycles. The number of carbonyl (C=O) groups excluding carboxylic acids is 1. The van der Waals surface area contributed by atoms with Crippen LogP contribution in [0.2, 0.25) is 0 Å². The largest absolute Gasteiger partial charge is 0.478 e. The molecule has 0 radical (unpaired) electrons. The molecule has 1 aromatic heterocycles. The van der Waals surface area contributed by atoms with E-state index >= 15 is 0 Å². The van der Waals surface area contributed by atoms with Gasteiger partial charge >= 0.3 is 12.1 Å². The second-order valence-corrected chi connectivity index (χ2v) is 5.60. The van der Waals surface area contributed by atoms with Crippen LogP contribution in [0.1, 0.15) is 43.2 Å². The number of rotatable bonds is 5. The number of aromatic nitrogens is 1. The summed E-state index contributed by atoms with van der Waals surface area (Å²) in [5, 5.41) is 11.5. The van der Waals surface area contributed by atoms with Crippen LogP contribution < -0.4 is 11.1 Å². The third-order valence-corrected chi connectivity index (χ3v) is 2.50. The average molecular weight is 295 g/mol. The first-order valence-corrected chi connectivity index (χ1v) is 6.63. The van der Waals surface area contributed by atoms with Crippen molar-refractivity contribution < 1.29 is 19.4 Å². The van der Waals surface area contributed by atoms with Gasteiger partial charge in [0.15, 0.2) is 0 Å². The van der Waals surface area contributed by atoms with Crippen LogP contribution in [0.25, 0.3) is 0 Å². The molecular weight excluding hydrogens is 274 g/mol. The van der Waals surface area contributed by atoms with Gasteiger partial charge in [-0.15, -0.1) is 0 Å². The lowest BCUT2D eigenvalue weighted by Gasteiger charge is -2.19. The molecule has 0 aliphatic carbocycles. The van der Waals surface area contributed by atoms with Gasteiger partial charge in [0.1, 0.15) is 11.2 Å². The predicted molar refractivity (Wildman–Crippen MR) is 78.2 cm³/mol. The number of nitrogens with zero attached hydrogens (tertiary/aromatic N) is 1. The van der Waals surface area contributed by atoms with Gasteiger partial charge in [-0.1, -0.05) is 0 Å². The Bertz CT molecular complexity index is 523. The highest BCUT2D eigenvalue weighted by atomic mass is 16.6. The third kappa shape index (κ3) is 6.11. The summed E-state index contributed by atoms with van der Waals surface area (Å²) in [5.41, 5.74) is 5.98. The van der Waals surface area contributed by atoms with E-state index in [-0.39, 0.29) is 11.3 Å². The summed E-state index contributed by atoms with van der Waals surface area (Å²) in [6.07, 6.45) is 2.02. The smallest absolute Gasteiger partial charge is 0.407 e. The fraction of sp³-hybridized carbons (Fsp3) is 0.500. The second-order valence-electron chi connectivity index (χ2n) is 5.60. The van der Waals surface area contributed by atoms with Crippen LogP contribution in [-0.2, 0) is 11.2 Å². The molecule has 7 heteroatoms. The number of aromatic carboxylic acids is 1. The summed E-state index contributed by atoms with van der Waals surface area (Å²) < 4.78 is 5.10. The summed E-state index contributed by atoms with van der Waals surface area (Å²) in [7, 11) is 0. The lowest BCUT2D eigenvalue weighted by molar-refractivity contribution is 0.0526. The molecule has 21 heavy (non-hydrogen) atoms. The molecule has 0 saturated heterocycles. The first kappa shape index (κ1) is 16.7. The Morgan fingerprint density at radius 3 is 2.62 bits per heavy atom.